The monoisotopic (exact) mass is 311 g/mol. The molecule has 2 aliphatic rings. The number of halogens is 3. The Bertz CT molecular complexity index is 689. The van der Waals surface area contributed by atoms with Crippen LogP contribution in [0.5, 0.6) is 0 Å². The van der Waals surface area contributed by atoms with E-state index in [-0.39, 0.29) is 11.8 Å². The molecule has 2 aliphatic carbocycles. The van der Waals surface area contributed by atoms with Gasteiger partial charge < -0.3 is 10.4 Å². The molecule has 22 heavy (non-hydrogen) atoms. The van der Waals surface area contributed by atoms with E-state index in [9.17, 15) is 27.9 Å². The highest BCUT2D eigenvalue weighted by Crippen LogP contribution is 2.48. The molecule has 1 saturated carbocycles. The number of allylic oxidation sites excluding steroid dienone is 2. The molecule has 0 aromatic heterocycles. The average Bonchev–Trinajstić information content (AvgIpc) is 3.08. The minimum atomic E-state index is -1.68. The fourth-order valence-corrected chi connectivity index (χ4v) is 3.35. The highest BCUT2D eigenvalue weighted by atomic mass is 19.2. The van der Waals surface area contributed by atoms with Crippen LogP contribution in [0.15, 0.2) is 24.3 Å². The Morgan fingerprint density at radius 3 is 2.32 bits per heavy atom. The quantitative estimate of drug-likeness (QED) is 0.666. The molecule has 0 aliphatic heterocycles. The number of fused-ring (bicyclic) bond motifs is 2. The first-order chi connectivity index (χ1) is 10.4. The van der Waals surface area contributed by atoms with Crippen molar-refractivity contribution in [1.82, 2.24) is 0 Å². The summed E-state index contributed by atoms with van der Waals surface area (Å²) >= 11 is 0. The Hall–Kier alpha value is -2.31. The number of anilines is 1. The van der Waals surface area contributed by atoms with Crippen LogP contribution in [0.4, 0.5) is 18.9 Å². The lowest BCUT2D eigenvalue weighted by molar-refractivity contribution is -0.146. The second-order valence-corrected chi connectivity index (χ2v) is 5.55. The van der Waals surface area contributed by atoms with E-state index >= 15 is 0 Å². The van der Waals surface area contributed by atoms with E-state index in [1.54, 1.807) is 12.2 Å². The summed E-state index contributed by atoms with van der Waals surface area (Å²) in [5.41, 5.74) is -0.500. The Morgan fingerprint density at radius 2 is 1.68 bits per heavy atom. The molecule has 1 aromatic carbocycles. The molecule has 0 spiro atoms. The number of carbonyl (C=O) groups excluding carboxylic acids is 1. The van der Waals surface area contributed by atoms with E-state index in [1.807, 2.05) is 0 Å². The van der Waals surface area contributed by atoms with Gasteiger partial charge >= 0.3 is 5.97 Å². The summed E-state index contributed by atoms with van der Waals surface area (Å²) in [6.07, 6.45) is 4.09. The van der Waals surface area contributed by atoms with Gasteiger partial charge in [0.25, 0.3) is 0 Å². The predicted molar refractivity (Wildman–Crippen MR) is 70.3 cm³/mol. The van der Waals surface area contributed by atoms with E-state index in [1.165, 1.54) is 0 Å². The number of hydrogen-bond donors (Lipinski definition) is 2. The maximum atomic E-state index is 13.6. The van der Waals surface area contributed by atoms with E-state index in [4.69, 9.17) is 0 Å². The fourth-order valence-electron chi connectivity index (χ4n) is 3.35. The molecule has 0 radical (unpaired) electrons. The van der Waals surface area contributed by atoms with Gasteiger partial charge in [0, 0.05) is 0 Å². The fraction of sp³-hybridized carbons (Fsp3) is 0.333. The highest BCUT2D eigenvalue weighted by Gasteiger charge is 2.51. The predicted octanol–water partition coefficient (Wildman–Crippen LogP) is 2.57. The van der Waals surface area contributed by atoms with Crippen molar-refractivity contribution in [3.05, 3.63) is 41.7 Å². The number of carboxylic acid groups (broad SMARTS) is 1. The SMILES string of the molecule is O=C(O)[C@@H]1[C@@H](C(=O)Nc2ccc(F)c(F)c2F)[C@@H]2C=C[C@@H]1C2. The Kier molecular flexibility index (Phi) is 3.42. The zero-order valence-corrected chi connectivity index (χ0v) is 11.2. The summed E-state index contributed by atoms with van der Waals surface area (Å²) in [4.78, 5) is 23.6. The Labute approximate surface area is 123 Å². The second-order valence-electron chi connectivity index (χ2n) is 5.55. The number of carboxylic acids is 1. The third kappa shape index (κ3) is 2.17. The number of amides is 1. The molecule has 0 saturated heterocycles. The lowest BCUT2D eigenvalue weighted by Gasteiger charge is -2.24. The number of aliphatic carboxylic acids is 1. The first kappa shape index (κ1) is 14.6. The minimum absolute atomic E-state index is 0.229. The van der Waals surface area contributed by atoms with Crippen LogP contribution in [0, 0.1) is 41.1 Å². The van der Waals surface area contributed by atoms with Gasteiger partial charge in [-0.2, -0.15) is 0 Å². The van der Waals surface area contributed by atoms with Gasteiger partial charge in [0.05, 0.1) is 17.5 Å². The summed E-state index contributed by atoms with van der Waals surface area (Å²) in [5, 5.41) is 11.4. The van der Waals surface area contributed by atoms with Gasteiger partial charge in [0.15, 0.2) is 17.5 Å². The summed E-state index contributed by atoms with van der Waals surface area (Å²) in [6.45, 7) is 0. The van der Waals surface area contributed by atoms with Gasteiger partial charge in [-0.3, -0.25) is 9.59 Å². The molecule has 0 unspecified atom stereocenters. The van der Waals surface area contributed by atoms with E-state index < -0.39 is 46.9 Å². The standard InChI is InChI=1S/C15H12F3NO3/c16-8-3-4-9(13(18)12(8)17)19-14(20)10-6-1-2-7(5-6)11(10)15(21)22/h1-4,6-7,10-11H,5H2,(H,19,20)(H,21,22)/t6-,7-,10+,11+/m1/s1. The number of carbonyl (C=O) groups is 2. The third-order valence-electron chi connectivity index (χ3n) is 4.34. The molecule has 1 aromatic rings. The van der Waals surface area contributed by atoms with Crippen LogP contribution in [0.1, 0.15) is 6.42 Å². The average molecular weight is 311 g/mol. The van der Waals surface area contributed by atoms with Crippen molar-refractivity contribution in [2.45, 2.75) is 6.42 Å². The van der Waals surface area contributed by atoms with Crippen molar-refractivity contribution in [3.8, 4) is 0 Å². The second kappa shape index (κ2) is 5.15. The minimum Gasteiger partial charge on any atom is -0.481 e. The van der Waals surface area contributed by atoms with Crippen molar-refractivity contribution in [3.63, 3.8) is 0 Å². The number of hydrogen-bond acceptors (Lipinski definition) is 2. The van der Waals surface area contributed by atoms with Gasteiger partial charge in [0.2, 0.25) is 5.91 Å². The van der Waals surface area contributed by atoms with Gasteiger partial charge in [-0.15, -0.1) is 0 Å². The summed E-state index contributed by atoms with van der Waals surface area (Å²) < 4.78 is 39.6. The van der Waals surface area contributed by atoms with Crippen molar-refractivity contribution in [2.24, 2.45) is 23.7 Å². The Morgan fingerprint density at radius 1 is 1.05 bits per heavy atom. The van der Waals surface area contributed by atoms with Crippen molar-refractivity contribution >= 4 is 17.6 Å². The normalized spacial score (nSPS) is 28.9. The van der Waals surface area contributed by atoms with Crippen LogP contribution in [0.25, 0.3) is 0 Å². The van der Waals surface area contributed by atoms with Gasteiger partial charge in [0.1, 0.15) is 0 Å². The van der Waals surface area contributed by atoms with Crippen LogP contribution in [-0.2, 0) is 9.59 Å². The lowest BCUT2D eigenvalue weighted by Crippen LogP contribution is -2.36. The molecule has 1 fully saturated rings. The van der Waals surface area contributed by atoms with Crippen LogP contribution in [0.3, 0.4) is 0 Å². The van der Waals surface area contributed by atoms with Crippen molar-refractivity contribution in [1.29, 1.82) is 0 Å². The molecule has 116 valence electrons. The summed E-state index contributed by atoms with van der Waals surface area (Å²) in [5.74, 6) is -8.53. The molecule has 7 heteroatoms. The van der Waals surface area contributed by atoms with Crippen LogP contribution in [-0.4, -0.2) is 17.0 Å². The Balaban J connectivity index is 1.85. The zero-order chi connectivity index (χ0) is 16.0. The first-order valence-electron chi connectivity index (χ1n) is 6.75. The largest absolute Gasteiger partial charge is 0.481 e. The molecule has 4 atom stereocenters. The van der Waals surface area contributed by atoms with Crippen LogP contribution < -0.4 is 5.32 Å². The van der Waals surface area contributed by atoms with Crippen molar-refractivity contribution in [2.75, 3.05) is 5.32 Å². The molecular weight excluding hydrogens is 299 g/mol. The van der Waals surface area contributed by atoms with Crippen molar-refractivity contribution < 1.29 is 27.9 Å². The molecule has 2 bridgehead atoms. The van der Waals surface area contributed by atoms with Crippen LogP contribution >= 0.6 is 0 Å². The summed E-state index contributed by atoms with van der Waals surface area (Å²) in [6, 6.07) is 1.61. The lowest BCUT2D eigenvalue weighted by atomic mass is 9.82. The maximum absolute atomic E-state index is 13.6. The topological polar surface area (TPSA) is 66.4 Å². The summed E-state index contributed by atoms with van der Waals surface area (Å²) in [7, 11) is 0. The van der Waals surface area contributed by atoms with Gasteiger partial charge in [-0.05, 0) is 30.4 Å². The smallest absolute Gasteiger partial charge is 0.307 e. The number of rotatable bonds is 3. The molecule has 4 nitrogen and oxygen atoms in total. The van der Waals surface area contributed by atoms with Crippen LogP contribution in [0.2, 0.25) is 0 Å². The zero-order valence-electron chi connectivity index (χ0n) is 11.2. The number of nitrogens with one attached hydrogen (secondary N) is 1. The molecule has 3 rings (SSSR count). The van der Waals surface area contributed by atoms with E-state index in [0.717, 1.165) is 6.07 Å². The molecule has 1 amide bonds. The first-order valence-corrected chi connectivity index (χ1v) is 6.75. The molecule has 2 N–H and O–H groups in total. The van der Waals surface area contributed by atoms with Gasteiger partial charge in [-0.1, -0.05) is 12.2 Å². The van der Waals surface area contributed by atoms with Gasteiger partial charge in [-0.25, -0.2) is 13.2 Å². The van der Waals surface area contributed by atoms with E-state index in [0.29, 0.717) is 12.5 Å². The molecular formula is C15H12F3NO3. The highest BCUT2D eigenvalue weighted by molar-refractivity contribution is 5.96. The molecule has 0 heterocycles. The maximum Gasteiger partial charge on any atom is 0.307 e. The third-order valence-corrected chi connectivity index (χ3v) is 4.34. The number of benzene rings is 1. The van der Waals surface area contributed by atoms with E-state index in [2.05, 4.69) is 5.32 Å².